The summed E-state index contributed by atoms with van der Waals surface area (Å²) < 4.78 is 0. The molecule has 0 heterocycles. The standard InChI is InChI=1S/C11H19N/c1-11(2,3)10-5-4-9(8-10)6-7-12/h4-5,8-9H,6-7,12H2,1-3H3. The Labute approximate surface area is 75.3 Å². The summed E-state index contributed by atoms with van der Waals surface area (Å²) in [6, 6.07) is 0. The van der Waals surface area contributed by atoms with Crippen molar-refractivity contribution in [2.75, 3.05) is 6.54 Å². The predicted octanol–water partition coefficient (Wildman–Crippen LogP) is 2.49. The highest BCUT2D eigenvalue weighted by Gasteiger charge is 2.19. The molecule has 68 valence electrons. The molecule has 2 N–H and O–H groups in total. The number of rotatable bonds is 2. The van der Waals surface area contributed by atoms with Gasteiger partial charge in [0.2, 0.25) is 0 Å². The van der Waals surface area contributed by atoms with Crippen LogP contribution in [-0.2, 0) is 0 Å². The molecular weight excluding hydrogens is 146 g/mol. The number of allylic oxidation sites excluding steroid dienone is 4. The fourth-order valence-electron chi connectivity index (χ4n) is 1.44. The molecular formula is C11H19N. The molecule has 0 spiro atoms. The molecule has 1 heteroatoms. The van der Waals surface area contributed by atoms with Gasteiger partial charge in [0.1, 0.15) is 0 Å². The second-order valence-corrected chi connectivity index (χ2v) is 4.47. The summed E-state index contributed by atoms with van der Waals surface area (Å²) in [6.07, 6.45) is 7.91. The average Bonchev–Trinajstić information content (AvgIpc) is 2.35. The van der Waals surface area contributed by atoms with E-state index in [4.69, 9.17) is 5.73 Å². The van der Waals surface area contributed by atoms with Crippen molar-refractivity contribution in [1.29, 1.82) is 0 Å². The normalized spacial score (nSPS) is 23.0. The van der Waals surface area contributed by atoms with Crippen LogP contribution < -0.4 is 5.73 Å². The number of nitrogens with two attached hydrogens (primary N) is 1. The van der Waals surface area contributed by atoms with Gasteiger partial charge in [-0.15, -0.1) is 0 Å². The quantitative estimate of drug-likeness (QED) is 0.668. The van der Waals surface area contributed by atoms with E-state index in [9.17, 15) is 0 Å². The summed E-state index contributed by atoms with van der Waals surface area (Å²) in [6.45, 7) is 7.51. The molecule has 1 atom stereocenters. The van der Waals surface area contributed by atoms with Crippen LogP contribution in [0.4, 0.5) is 0 Å². The first kappa shape index (κ1) is 9.53. The van der Waals surface area contributed by atoms with Gasteiger partial charge in [0.15, 0.2) is 0 Å². The number of hydrogen-bond acceptors (Lipinski definition) is 1. The van der Waals surface area contributed by atoms with Crippen molar-refractivity contribution in [3.63, 3.8) is 0 Å². The van der Waals surface area contributed by atoms with Gasteiger partial charge in [-0.3, -0.25) is 0 Å². The van der Waals surface area contributed by atoms with Crippen molar-refractivity contribution in [2.24, 2.45) is 17.1 Å². The second kappa shape index (κ2) is 3.44. The number of hydrogen-bond donors (Lipinski definition) is 1. The van der Waals surface area contributed by atoms with Crippen LogP contribution in [0.2, 0.25) is 0 Å². The second-order valence-electron chi connectivity index (χ2n) is 4.47. The molecule has 0 aromatic heterocycles. The molecule has 0 aliphatic heterocycles. The molecule has 12 heavy (non-hydrogen) atoms. The predicted molar refractivity (Wildman–Crippen MR) is 53.8 cm³/mol. The minimum atomic E-state index is 0.292. The SMILES string of the molecule is CC(C)(C)C1=CC(CCN)C=C1. The molecule has 0 bridgehead atoms. The highest BCUT2D eigenvalue weighted by molar-refractivity contribution is 5.33. The van der Waals surface area contributed by atoms with E-state index in [0.29, 0.717) is 11.3 Å². The minimum Gasteiger partial charge on any atom is -0.330 e. The fourth-order valence-corrected chi connectivity index (χ4v) is 1.44. The van der Waals surface area contributed by atoms with E-state index in [0.717, 1.165) is 13.0 Å². The summed E-state index contributed by atoms with van der Waals surface area (Å²) in [5.74, 6) is 0.587. The third-order valence-electron chi connectivity index (χ3n) is 2.28. The Morgan fingerprint density at radius 1 is 1.42 bits per heavy atom. The van der Waals surface area contributed by atoms with Crippen LogP contribution >= 0.6 is 0 Å². The Morgan fingerprint density at radius 2 is 2.08 bits per heavy atom. The highest BCUT2D eigenvalue weighted by atomic mass is 14.5. The third-order valence-corrected chi connectivity index (χ3v) is 2.28. The van der Waals surface area contributed by atoms with Gasteiger partial charge in [-0.1, -0.05) is 39.0 Å². The van der Waals surface area contributed by atoms with E-state index in [1.807, 2.05) is 0 Å². The van der Waals surface area contributed by atoms with E-state index >= 15 is 0 Å². The van der Waals surface area contributed by atoms with Gasteiger partial charge >= 0.3 is 0 Å². The lowest BCUT2D eigenvalue weighted by atomic mass is 9.87. The maximum absolute atomic E-state index is 5.50. The topological polar surface area (TPSA) is 26.0 Å². The zero-order chi connectivity index (χ0) is 9.19. The third kappa shape index (κ3) is 2.21. The van der Waals surface area contributed by atoms with Crippen LogP contribution in [0.5, 0.6) is 0 Å². The van der Waals surface area contributed by atoms with Crippen LogP contribution in [-0.4, -0.2) is 6.54 Å². The molecule has 0 saturated heterocycles. The molecule has 0 aromatic carbocycles. The van der Waals surface area contributed by atoms with E-state index < -0.39 is 0 Å². The molecule has 0 amide bonds. The van der Waals surface area contributed by atoms with Gasteiger partial charge in [-0.05, 0) is 29.9 Å². The molecule has 1 rings (SSSR count). The molecule has 1 unspecified atom stereocenters. The maximum atomic E-state index is 5.50. The lowest BCUT2D eigenvalue weighted by Gasteiger charge is -2.18. The first-order valence-corrected chi connectivity index (χ1v) is 4.64. The van der Waals surface area contributed by atoms with Crippen molar-refractivity contribution in [2.45, 2.75) is 27.2 Å². The molecule has 0 saturated carbocycles. The minimum absolute atomic E-state index is 0.292. The summed E-state index contributed by atoms with van der Waals surface area (Å²) in [4.78, 5) is 0. The van der Waals surface area contributed by atoms with Crippen LogP contribution in [0.1, 0.15) is 27.2 Å². The zero-order valence-corrected chi connectivity index (χ0v) is 8.30. The van der Waals surface area contributed by atoms with Crippen LogP contribution in [0, 0.1) is 11.3 Å². The Bertz CT molecular complexity index is 206. The van der Waals surface area contributed by atoms with Crippen LogP contribution in [0.15, 0.2) is 23.8 Å². The Hall–Kier alpha value is -0.560. The van der Waals surface area contributed by atoms with Gasteiger partial charge in [0, 0.05) is 0 Å². The summed E-state index contributed by atoms with van der Waals surface area (Å²) in [7, 11) is 0. The van der Waals surface area contributed by atoms with Crippen molar-refractivity contribution in [1.82, 2.24) is 0 Å². The van der Waals surface area contributed by atoms with E-state index in [-0.39, 0.29) is 0 Å². The van der Waals surface area contributed by atoms with Gasteiger partial charge in [0.25, 0.3) is 0 Å². The zero-order valence-electron chi connectivity index (χ0n) is 8.30. The Kier molecular flexibility index (Phi) is 2.73. The Morgan fingerprint density at radius 3 is 2.50 bits per heavy atom. The van der Waals surface area contributed by atoms with Gasteiger partial charge in [0.05, 0.1) is 0 Å². The molecule has 1 aliphatic rings. The Balaban J connectivity index is 2.62. The first-order valence-electron chi connectivity index (χ1n) is 4.64. The summed E-state index contributed by atoms with van der Waals surface area (Å²) >= 11 is 0. The van der Waals surface area contributed by atoms with Gasteiger partial charge in [-0.25, -0.2) is 0 Å². The first-order chi connectivity index (χ1) is 5.54. The molecule has 0 radical (unpaired) electrons. The van der Waals surface area contributed by atoms with E-state index in [2.05, 4.69) is 39.0 Å². The van der Waals surface area contributed by atoms with Gasteiger partial charge in [-0.2, -0.15) is 0 Å². The molecule has 1 nitrogen and oxygen atoms in total. The smallest absolute Gasteiger partial charge is 0.00323 e. The van der Waals surface area contributed by atoms with Crippen LogP contribution in [0.3, 0.4) is 0 Å². The van der Waals surface area contributed by atoms with Crippen molar-refractivity contribution in [3.8, 4) is 0 Å². The summed E-state index contributed by atoms with van der Waals surface area (Å²) in [5.41, 5.74) is 7.24. The largest absolute Gasteiger partial charge is 0.330 e. The van der Waals surface area contributed by atoms with Crippen molar-refractivity contribution < 1.29 is 0 Å². The highest BCUT2D eigenvalue weighted by Crippen LogP contribution is 2.32. The van der Waals surface area contributed by atoms with Crippen molar-refractivity contribution in [3.05, 3.63) is 23.8 Å². The van der Waals surface area contributed by atoms with E-state index in [1.54, 1.807) is 0 Å². The van der Waals surface area contributed by atoms with Crippen molar-refractivity contribution >= 4 is 0 Å². The lowest BCUT2D eigenvalue weighted by molar-refractivity contribution is 0.515. The lowest BCUT2D eigenvalue weighted by Crippen LogP contribution is -2.07. The monoisotopic (exact) mass is 165 g/mol. The summed E-state index contributed by atoms with van der Waals surface area (Å²) in [5, 5.41) is 0. The molecule has 0 fully saturated rings. The van der Waals surface area contributed by atoms with Gasteiger partial charge < -0.3 is 5.73 Å². The average molecular weight is 165 g/mol. The maximum Gasteiger partial charge on any atom is -0.00323 e. The molecule has 0 aromatic rings. The van der Waals surface area contributed by atoms with Crippen LogP contribution in [0.25, 0.3) is 0 Å². The molecule has 1 aliphatic carbocycles. The van der Waals surface area contributed by atoms with E-state index in [1.165, 1.54) is 5.57 Å². The fraction of sp³-hybridized carbons (Fsp3) is 0.636.